The van der Waals surface area contributed by atoms with Crippen LogP contribution in [0, 0.1) is 11.7 Å². The molecule has 5 heteroatoms. The van der Waals surface area contributed by atoms with Gasteiger partial charge < -0.3 is 14.6 Å². The Morgan fingerprint density at radius 1 is 1.12 bits per heavy atom. The predicted molar refractivity (Wildman–Crippen MR) is 96.6 cm³/mol. The maximum absolute atomic E-state index is 13.1. The van der Waals surface area contributed by atoms with Gasteiger partial charge in [0.1, 0.15) is 12.4 Å². The highest BCUT2D eigenvalue weighted by Gasteiger charge is 2.36. The molecule has 2 aliphatic rings. The number of fused-ring (bicyclic) bond motifs is 1. The summed E-state index contributed by atoms with van der Waals surface area (Å²) in [6.07, 6.45) is 1.05. The number of hydrogen-bond acceptors (Lipinski definition) is 4. The third-order valence-corrected chi connectivity index (χ3v) is 5.49. The summed E-state index contributed by atoms with van der Waals surface area (Å²) in [6, 6.07) is 14.1. The van der Waals surface area contributed by atoms with Crippen LogP contribution in [0.5, 0.6) is 11.5 Å². The van der Waals surface area contributed by atoms with Crippen molar-refractivity contribution in [2.45, 2.75) is 38.1 Å². The van der Waals surface area contributed by atoms with Gasteiger partial charge >= 0.3 is 0 Å². The third kappa shape index (κ3) is 3.41. The molecule has 4 nitrogen and oxygen atoms in total. The largest absolute Gasteiger partial charge is 0.484 e. The van der Waals surface area contributed by atoms with Crippen LogP contribution >= 0.6 is 0 Å². The Morgan fingerprint density at radius 2 is 1.85 bits per heavy atom. The first-order chi connectivity index (χ1) is 12.6. The maximum atomic E-state index is 13.1. The van der Waals surface area contributed by atoms with Gasteiger partial charge in [0, 0.05) is 12.6 Å². The number of nitrogens with zero attached hydrogens (tertiary/aromatic N) is 1. The van der Waals surface area contributed by atoms with Crippen molar-refractivity contribution >= 4 is 0 Å². The fraction of sp³-hybridized carbons (Fsp3) is 0.429. The van der Waals surface area contributed by atoms with Crippen LogP contribution in [0.15, 0.2) is 48.5 Å². The van der Waals surface area contributed by atoms with Gasteiger partial charge in [-0.15, -0.1) is 0 Å². The van der Waals surface area contributed by atoms with Crippen LogP contribution in [0.4, 0.5) is 4.39 Å². The highest BCUT2D eigenvalue weighted by Crippen LogP contribution is 2.37. The molecule has 26 heavy (non-hydrogen) atoms. The fourth-order valence-electron chi connectivity index (χ4n) is 4.05. The van der Waals surface area contributed by atoms with E-state index < -0.39 is 6.10 Å². The first kappa shape index (κ1) is 17.3. The van der Waals surface area contributed by atoms with Crippen molar-refractivity contribution in [3.05, 3.63) is 59.9 Å². The normalized spacial score (nSPS) is 27.1. The van der Waals surface area contributed by atoms with Crippen LogP contribution < -0.4 is 9.47 Å². The van der Waals surface area contributed by atoms with E-state index in [1.807, 2.05) is 24.3 Å². The van der Waals surface area contributed by atoms with Crippen molar-refractivity contribution < 1.29 is 19.0 Å². The molecule has 0 aromatic heterocycles. The molecule has 0 amide bonds. The summed E-state index contributed by atoms with van der Waals surface area (Å²) in [7, 11) is 0. The Labute approximate surface area is 153 Å². The average Bonchev–Trinajstić information content (AvgIpc) is 2.67. The van der Waals surface area contributed by atoms with Gasteiger partial charge in [0.2, 0.25) is 0 Å². The number of halogens is 1. The van der Waals surface area contributed by atoms with Gasteiger partial charge in [0.25, 0.3) is 0 Å². The van der Waals surface area contributed by atoms with Gasteiger partial charge in [0.15, 0.2) is 17.7 Å². The number of hydrogen-bond donors (Lipinski definition) is 1. The minimum atomic E-state index is -0.565. The number of piperidine rings is 1. The number of aliphatic hydroxyl groups excluding tert-OH is 1. The van der Waals surface area contributed by atoms with Crippen molar-refractivity contribution in [2.24, 2.45) is 5.92 Å². The summed E-state index contributed by atoms with van der Waals surface area (Å²) in [5.41, 5.74) is 0.781. The number of aliphatic hydroxyl groups is 1. The van der Waals surface area contributed by atoms with Crippen LogP contribution in [-0.4, -0.2) is 35.4 Å². The Balaban J connectivity index is 1.40. The Hall–Kier alpha value is -2.11. The van der Waals surface area contributed by atoms with Gasteiger partial charge in [0.05, 0.1) is 6.10 Å². The van der Waals surface area contributed by atoms with Crippen LogP contribution in [0.25, 0.3) is 0 Å². The summed E-state index contributed by atoms with van der Waals surface area (Å²) in [5.74, 6) is 1.45. The SMILES string of the molecule is CC1CC(C(O)c2ccc(F)cc2)CCN1C1COc2ccccc2O1. The van der Waals surface area contributed by atoms with Gasteiger partial charge in [-0.2, -0.15) is 0 Å². The maximum Gasteiger partial charge on any atom is 0.187 e. The molecule has 4 rings (SSSR count). The van der Waals surface area contributed by atoms with Crippen molar-refractivity contribution in [3.8, 4) is 11.5 Å². The molecule has 2 aliphatic heterocycles. The highest BCUT2D eigenvalue weighted by atomic mass is 19.1. The average molecular weight is 357 g/mol. The number of para-hydroxylation sites is 2. The Morgan fingerprint density at radius 3 is 2.58 bits per heavy atom. The zero-order chi connectivity index (χ0) is 18.1. The molecule has 0 bridgehead atoms. The van der Waals surface area contributed by atoms with Crippen molar-refractivity contribution in [2.75, 3.05) is 13.2 Å². The highest BCUT2D eigenvalue weighted by molar-refractivity contribution is 5.40. The van der Waals surface area contributed by atoms with E-state index in [4.69, 9.17) is 9.47 Å². The van der Waals surface area contributed by atoms with E-state index in [0.29, 0.717) is 6.61 Å². The monoisotopic (exact) mass is 357 g/mol. The Bertz CT molecular complexity index is 751. The molecular formula is C21H24FNO3. The topological polar surface area (TPSA) is 41.9 Å². The standard InChI is InChI=1S/C21H24FNO3/c1-14-12-16(21(24)15-6-8-17(22)9-7-15)10-11-23(14)20-13-25-18-4-2-3-5-19(18)26-20/h2-9,14,16,20-21,24H,10-13H2,1H3. The smallest absolute Gasteiger partial charge is 0.187 e. The number of benzene rings is 2. The molecule has 4 unspecified atom stereocenters. The molecular weight excluding hydrogens is 333 g/mol. The number of likely N-dealkylation sites (tertiary alicyclic amines) is 1. The zero-order valence-electron chi connectivity index (χ0n) is 14.8. The first-order valence-corrected chi connectivity index (χ1v) is 9.19. The van der Waals surface area contributed by atoms with Crippen molar-refractivity contribution in [1.82, 2.24) is 4.90 Å². The second-order valence-corrected chi connectivity index (χ2v) is 7.20. The van der Waals surface area contributed by atoms with Gasteiger partial charge in [-0.25, -0.2) is 4.39 Å². The van der Waals surface area contributed by atoms with Crippen LogP contribution in [-0.2, 0) is 0 Å². The summed E-state index contributed by atoms with van der Waals surface area (Å²) >= 11 is 0. The van der Waals surface area contributed by atoms with Crippen LogP contribution in [0.3, 0.4) is 0 Å². The van der Waals surface area contributed by atoms with Crippen molar-refractivity contribution in [1.29, 1.82) is 0 Å². The minimum absolute atomic E-state index is 0.108. The van der Waals surface area contributed by atoms with E-state index in [1.54, 1.807) is 12.1 Å². The molecule has 0 saturated carbocycles. The molecule has 2 aromatic carbocycles. The van der Waals surface area contributed by atoms with Crippen LogP contribution in [0.1, 0.15) is 31.4 Å². The summed E-state index contributed by atoms with van der Waals surface area (Å²) in [5, 5.41) is 10.7. The molecule has 1 N–H and O–H groups in total. The first-order valence-electron chi connectivity index (χ1n) is 9.19. The lowest BCUT2D eigenvalue weighted by Crippen LogP contribution is -2.53. The van der Waals surface area contributed by atoms with Gasteiger partial charge in [-0.3, -0.25) is 4.90 Å². The number of rotatable bonds is 3. The zero-order valence-corrected chi connectivity index (χ0v) is 14.8. The van der Waals surface area contributed by atoms with E-state index >= 15 is 0 Å². The van der Waals surface area contributed by atoms with Crippen LogP contribution in [0.2, 0.25) is 0 Å². The molecule has 1 fully saturated rings. The molecule has 0 spiro atoms. The van der Waals surface area contributed by atoms with E-state index in [0.717, 1.165) is 36.4 Å². The molecule has 0 radical (unpaired) electrons. The number of ether oxygens (including phenoxy) is 2. The van der Waals surface area contributed by atoms with E-state index in [9.17, 15) is 9.50 Å². The summed E-state index contributed by atoms with van der Waals surface area (Å²) in [4.78, 5) is 2.31. The summed E-state index contributed by atoms with van der Waals surface area (Å²) in [6.45, 7) is 3.50. The second-order valence-electron chi connectivity index (χ2n) is 7.20. The summed E-state index contributed by atoms with van der Waals surface area (Å²) < 4.78 is 25.1. The third-order valence-electron chi connectivity index (χ3n) is 5.49. The molecule has 2 aromatic rings. The quantitative estimate of drug-likeness (QED) is 0.908. The predicted octanol–water partition coefficient (Wildman–Crippen LogP) is 3.76. The van der Waals surface area contributed by atoms with Crippen molar-refractivity contribution in [3.63, 3.8) is 0 Å². The molecule has 4 atom stereocenters. The lowest BCUT2D eigenvalue weighted by atomic mass is 9.84. The molecule has 2 heterocycles. The van der Waals surface area contributed by atoms with E-state index in [2.05, 4.69) is 11.8 Å². The van der Waals surface area contributed by atoms with Gasteiger partial charge in [-0.1, -0.05) is 24.3 Å². The molecule has 0 aliphatic carbocycles. The van der Waals surface area contributed by atoms with E-state index in [1.165, 1.54) is 12.1 Å². The Kier molecular flexibility index (Phi) is 4.83. The van der Waals surface area contributed by atoms with Gasteiger partial charge in [-0.05, 0) is 55.5 Å². The second kappa shape index (κ2) is 7.25. The molecule has 138 valence electrons. The minimum Gasteiger partial charge on any atom is -0.484 e. The molecule has 1 saturated heterocycles. The lowest BCUT2D eigenvalue weighted by molar-refractivity contribution is -0.0778. The fourth-order valence-corrected chi connectivity index (χ4v) is 4.05. The van der Waals surface area contributed by atoms with E-state index in [-0.39, 0.29) is 24.0 Å². The lowest BCUT2D eigenvalue weighted by Gasteiger charge is -2.44.